The van der Waals surface area contributed by atoms with E-state index in [9.17, 15) is 9.59 Å². The summed E-state index contributed by atoms with van der Waals surface area (Å²) < 4.78 is 7.08. The molecule has 4 heteroatoms. The summed E-state index contributed by atoms with van der Waals surface area (Å²) >= 11 is 0. The molecule has 0 aliphatic carbocycles. The SMILES string of the molecule is CCCCCCCCCCCCCCCCCC(=O)c1cc(CCOC(C)=O)n(C)c1C. The molecule has 4 nitrogen and oxygen atoms in total. The van der Waals surface area contributed by atoms with E-state index in [0.29, 0.717) is 19.4 Å². The Hall–Kier alpha value is -1.58. The summed E-state index contributed by atoms with van der Waals surface area (Å²) in [6.45, 7) is 6.05. The van der Waals surface area contributed by atoms with Gasteiger partial charge in [-0.1, -0.05) is 96.8 Å². The van der Waals surface area contributed by atoms with E-state index < -0.39 is 0 Å². The van der Waals surface area contributed by atoms with E-state index in [4.69, 9.17) is 4.74 Å². The Labute approximate surface area is 197 Å². The molecule has 0 saturated heterocycles. The minimum Gasteiger partial charge on any atom is -0.465 e. The number of aromatic nitrogens is 1. The number of hydrogen-bond donors (Lipinski definition) is 0. The number of carbonyl (C=O) groups is 2. The fourth-order valence-corrected chi connectivity index (χ4v) is 4.38. The minimum absolute atomic E-state index is 0.242. The third-order valence-electron chi connectivity index (χ3n) is 6.61. The van der Waals surface area contributed by atoms with Gasteiger partial charge in [-0.3, -0.25) is 9.59 Å². The van der Waals surface area contributed by atoms with Crippen LogP contribution < -0.4 is 0 Å². The van der Waals surface area contributed by atoms with E-state index in [2.05, 4.69) is 6.92 Å². The molecule has 0 aromatic carbocycles. The zero-order valence-electron chi connectivity index (χ0n) is 21.5. The second-order valence-corrected chi connectivity index (χ2v) is 9.41. The molecule has 0 aliphatic heterocycles. The topological polar surface area (TPSA) is 48.3 Å². The van der Waals surface area contributed by atoms with Crippen LogP contribution in [-0.2, 0) is 23.0 Å². The maximum absolute atomic E-state index is 12.6. The summed E-state index contributed by atoms with van der Waals surface area (Å²) in [5.74, 6) is -0.0214. The van der Waals surface area contributed by atoms with Crippen molar-refractivity contribution in [2.45, 2.75) is 130 Å². The normalized spacial score (nSPS) is 11.1. The first-order valence-electron chi connectivity index (χ1n) is 13.3. The van der Waals surface area contributed by atoms with E-state index in [1.165, 1.54) is 90.4 Å². The fourth-order valence-electron chi connectivity index (χ4n) is 4.38. The van der Waals surface area contributed by atoms with Crippen LogP contribution in [0.1, 0.15) is 138 Å². The van der Waals surface area contributed by atoms with Crippen LogP contribution in [-0.4, -0.2) is 22.9 Å². The third kappa shape index (κ3) is 12.5. The number of hydrogen-bond acceptors (Lipinski definition) is 3. The lowest BCUT2D eigenvalue weighted by molar-refractivity contribution is -0.140. The van der Waals surface area contributed by atoms with Gasteiger partial charge in [0.25, 0.3) is 0 Å². The molecule has 0 unspecified atom stereocenters. The van der Waals surface area contributed by atoms with Crippen LogP contribution in [0.5, 0.6) is 0 Å². The molecule has 0 saturated carbocycles. The molecule has 0 radical (unpaired) electrons. The van der Waals surface area contributed by atoms with Crippen LogP contribution in [0.4, 0.5) is 0 Å². The highest BCUT2D eigenvalue weighted by atomic mass is 16.5. The van der Waals surface area contributed by atoms with Gasteiger partial charge >= 0.3 is 5.97 Å². The summed E-state index contributed by atoms with van der Waals surface area (Å²) in [6, 6.07) is 1.98. The maximum Gasteiger partial charge on any atom is 0.302 e. The van der Waals surface area contributed by atoms with Crippen molar-refractivity contribution in [3.05, 3.63) is 23.0 Å². The quantitative estimate of drug-likeness (QED) is 0.116. The van der Waals surface area contributed by atoms with Crippen LogP contribution in [0.3, 0.4) is 0 Å². The lowest BCUT2D eigenvalue weighted by Crippen LogP contribution is -2.06. The van der Waals surface area contributed by atoms with Crippen molar-refractivity contribution >= 4 is 11.8 Å². The van der Waals surface area contributed by atoms with Gasteiger partial charge in [-0.15, -0.1) is 0 Å². The molecule has 1 aromatic heterocycles. The molecule has 0 amide bonds. The molecule has 32 heavy (non-hydrogen) atoms. The Morgan fingerprint density at radius 2 is 1.28 bits per heavy atom. The molecule has 1 rings (SSSR count). The summed E-state index contributed by atoms with van der Waals surface area (Å²) in [4.78, 5) is 23.6. The van der Waals surface area contributed by atoms with Gasteiger partial charge in [-0.05, 0) is 19.4 Å². The van der Waals surface area contributed by atoms with Gasteiger partial charge in [0.2, 0.25) is 0 Å². The van der Waals surface area contributed by atoms with Crippen LogP contribution in [0.15, 0.2) is 6.07 Å². The van der Waals surface area contributed by atoms with Gasteiger partial charge in [-0.25, -0.2) is 0 Å². The summed E-state index contributed by atoms with van der Waals surface area (Å²) in [6.07, 6.45) is 21.3. The molecule has 0 N–H and O–H groups in total. The fraction of sp³-hybridized carbons (Fsp3) is 0.786. The van der Waals surface area contributed by atoms with E-state index >= 15 is 0 Å². The van der Waals surface area contributed by atoms with Gasteiger partial charge in [0.1, 0.15) is 0 Å². The minimum atomic E-state index is -0.264. The largest absolute Gasteiger partial charge is 0.465 e. The number of rotatable bonds is 20. The van der Waals surface area contributed by atoms with E-state index in [1.54, 1.807) is 0 Å². The predicted molar refractivity (Wildman–Crippen MR) is 134 cm³/mol. The number of unbranched alkanes of at least 4 members (excludes halogenated alkanes) is 14. The molecule has 0 aliphatic rings. The zero-order valence-corrected chi connectivity index (χ0v) is 21.5. The molecular weight excluding hydrogens is 398 g/mol. The smallest absolute Gasteiger partial charge is 0.302 e. The van der Waals surface area contributed by atoms with Gasteiger partial charge in [0.15, 0.2) is 5.78 Å². The van der Waals surface area contributed by atoms with E-state index in [0.717, 1.165) is 29.8 Å². The van der Waals surface area contributed by atoms with Crippen LogP contribution >= 0.6 is 0 Å². The van der Waals surface area contributed by atoms with Crippen molar-refractivity contribution in [3.8, 4) is 0 Å². The molecule has 0 spiro atoms. The Morgan fingerprint density at radius 1 is 0.812 bits per heavy atom. The standard InChI is InChI=1S/C28H49NO3/c1-5-6-7-8-9-10-11-12-13-14-15-16-17-18-19-20-28(31)27-23-26(29(4)24(27)2)21-22-32-25(3)30/h23H,5-22H2,1-4H3. The van der Waals surface area contributed by atoms with Crippen LogP contribution in [0, 0.1) is 6.92 Å². The van der Waals surface area contributed by atoms with Crippen molar-refractivity contribution in [1.82, 2.24) is 4.57 Å². The number of esters is 1. The zero-order chi connectivity index (χ0) is 23.6. The first kappa shape index (κ1) is 28.5. The Balaban J connectivity index is 2.05. The van der Waals surface area contributed by atoms with Crippen molar-refractivity contribution in [2.24, 2.45) is 7.05 Å². The molecule has 1 heterocycles. The van der Waals surface area contributed by atoms with Gasteiger partial charge in [0, 0.05) is 43.8 Å². The first-order chi connectivity index (χ1) is 15.5. The highest BCUT2D eigenvalue weighted by Crippen LogP contribution is 2.19. The Kier molecular flexibility index (Phi) is 15.9. The first-order valence-corrected chi connectivity index (χ1v) is 13.3. The van der Waals surface area contributed by atoms with Crippen LogP contribution in [0.25, 0.3) is 0 Å². The highest BCUT2D eigenvalue weighted by molar-refractivity contribution is 5.97. The van der Waals surface area contributed by atoms with Gasteiger partial charge in [0.05, 0.1) is 6.61 Å². The summed E-state index contributed by atoms with van der Waals surface area (Å²) in [5, 5.41) is 0. The van der Waals surface area contributed by atoms with Crippen molar-refractivity contribution in [2.75, 3.05) is 6.61 Å². The number of ketones is 1. The second kappa shape index (κ2) is 17.9. The predicted octanol–water partition coefficient (Wildman–Crippen LogP) is 7.88. The van der Waals surface area contributed by atoms with Crippen molar-refractivity contribution in [3.63, 3.8) is 0 Å². The highest BCUT2D eigenvalue weighted by Gasteiger charge is 2.15. The lowest BCUT2D eigenvalue weighted by atomic mass is 10.0. The molecule has 0 fully saturated rings. The number of nitrogens with zero attached hydrogens (tertiary/aromatic N) is 1. The average Bonchev–Trinajstić information content (AvgIpc) is 3.04. The second-order valence-electron chi connectivity index (χ2n) is 9.41. The molecule has 184 valence electrons. The molecular formula is C28H49NO3. The molecule has 0 atom stereocenters. The Morgan fingerprint density at radius 3 is 1.75 bits per heavy atom. The molecule has 1 aromatic rings. The summed E-state index contributed by atoms with van der Waals surface area (Å²) in [5.41, 5.74) is 2.88. The maximum atomic E-state index is 12.6. The number of Topliss-reactive ketones (excluding diaryl/α,β-unsaturated/α-hetero) is 1. The van der Waals surface area contributed by atoms with E-state index in [-0.39, 0.29) is 11.8 Å². The average molecular weight is 448 g/mol. The van der Waals surface area contributed by atoms with Crippen molar-refractivity contribution < 1.29 is 14.3 Å². The number of ether oxygens (including phenoxy) is 1. The number of carbonyl (C=O) groups excluding carboxylic acids is 2. The van der Waals surface area contributed by atoms with Crippen LogP contribution in [0.2, 0.25) is 0 Å². The third-order valence-corrected chi connectivity index (χ3v) is 6.61. The van der Waals surface area contributed by atoms with Gasteiger partial charge in [-0.2, -0.15) is 0 Å². The van der Waals surface area contributed by atoms with Crippen molar-refractivity contribution in [1.29, 1.82) is 0 Å². The lowest BCUT2D eigenvalue weighted by Gasteiger charge is -2.05. The molecule has 0 bridgehead atoms. The summed E-state index contributed by atoms with van der Waals surface area (Å²) in [7, 11) is 1.98. The monoisotopic (exact) mass is 447 g/mol. The van der Waals surface area contributed by atoms with Gasteiger partial charge < -0.3 is 9.30 Å². The Bertz CT molecular complexity index is 647. The van der Waals surface area contributed by atoms with E-state index in [1.807, 2.05) is 24.6 Å².